The lowest BCUT2D eigenvalue weighted by Gasteiger charge is -2.45. The van der Waals surface area contributed by atoms with Gasteiger partial charge in [-0.15, -0.1) is 11.3 Å². The molecular formula is C27H24S2. The molecule has 0 aliphatic heterocycles. The van der Waals surface area contributed by atoms with Gasteiger partial charge in [0.1, 0.15) is 0 Å². The largest absolute Gasteiger partial charge is 0.157 e. The summed E-state index contributed by atoms with van der Waals surface area (Å²) < 4.78 is 2.80. The maximum atomic E-state index is 2.39. The number of fused-ring (bicyclic) bond motifs is 3. The van der Waals surface area contributed by atoms with Crippen LogP contribution in [0, 0.1) is 0 Å². The van der Waals surface area contributed by atoms with Crippen molar-refractivity contribution in [2.24, 2.45) is 0 Å². The number of rotatable bonds is 4. The highest BCUT2D eigenvalue weighted by Gasteiger charge is 2.36. The lowest BCUT2D eigenvalue weighted by atomic mass is 10.1. The molecule has 0 aliphatic rings. The summed E-state index contributed by atoms with van der Waals surface area (Å²) in [6.45, 7) is 4.78. The van der Waals surface area contributed by atoms with E-state index >= 15 is 0 Å². The van der Waals surface area contributed by atoms with Crippen LogP contribution >= 0.6 is 21.4 Å². The highest BCUT2D eigenvalue weighted by molar-refractivity contribution is 8.34. The van der Waals surface area contributed by atoms with E-state index in [2.05, 4.69) is 117 Å². The molecule has 0 atom stereocenters. The van der Waals surface area contributed by atoms with Crippen LogP contribution in [0.2, 0.25) is 0 Å². The molecule has 0 saturated heterocycles. The molecule has 0 aliphatic carbocycles. The Morgan fingerprint density at radius 1 is 0.586 bits per heavy atom. The molecule has 1 heterocycles. The van der Waals surface area contributed by atoms with Gasteiger partial charge in [0.2, 0.25) is 0 Å². The zero-order chi connectivity index (χ0) is 19.8. The lowest BCUT2D eigenvalue weighted by Crippen LogP contribution is -2.14. The van der Waals surface area contributed by atoms with Crippen molar-refractivity contribution in [1.82, 2.24) is 0 Å². The maximum absolute atomic E-state index is 2.39. The normalized spacial score (nSPS) is 12.7. The standard InChI is InChI=1S/C27H24S2/c1-20(2)29(21-12-5-3-6-13-21,22-14-7-4-8-15-22)26-19-11-17-24-23-16-9-10-18-25(23)28-27(24)26/h3-20H,1-2H3. The molecule has 1 aromatic heterocycles. The van der Waals surface area contributed by atoms with Crippen molar-refractivity contribution in [2.45, 2.75) is 33.8 Å². The average Bonchev–Trinajstić information content (AvgIpc) is 3.15. The molecule has 0 bridgehead atoms. The van der Waals surface area contributed by atoms with Gasteiger partial charge in [-0.2, -0.15) is 10.0 Å². The van der Waals surface area contributed by atoms with Crippen LogP contribution in [0.1, 0.15) is 13.8 Å². The fourth-order valence-electron chi connectivity index (χ4n) is 4.43. The molecule has 0 saturated carbocycles. The van der Waals surface area contributed by atoms with Crippen LogP contribution in [0.15, 0.2) is 118 Å². The van der Waals surface area contributed by atoms with Crippen molar-refractivity contribution >= 4 is 41.5 Å². The Morgan fingerprint density at radius 2 is 1.14 bits per heavy atom. The third-order valence-corrected chi connectivity index (χ3v) is 11.5. The molecule has 0 amide bonds. The van der Waals surface area contributed by atoms with Crippen LogP contribution < -0.4 is 0 Å². The van der Waals surface area contributed by atoms with E-state index in [-0.39, 0.29) is 0 Å². The average molecular weight is 413 g/mol. The third-order valence-electron chi connectivity index (χ3n) is 5.65. The van der Waals surface area contributed by atoms with E-state index in [9.17, 15) is 0 Å². The van der Waals surface area contributed by atoms with Gasteiger partial charge in [0.15, 0.2) is 0 Å². The molecular weight excluding hydrogens is 388 g/mol. The molecule has 2 heteroatoms. The Balaban J connectivity index is 1.94. The zero-order valence-corrected chi connectivity index (χ0v) is 18.3. The molecule has 0 spiro atoms. The lowest BCUT2D eigenvalue weighted by molar-refractivity contribution is 1.06. The molecule has 0 radical (unpaired) electrons. The van der Waals surface area contributed by atoms with Gasteiger partial charge in [0.25, 0.3) is 0 Å². The van der Waals surface area contributed by atoms with Gasteiger partial charge in [-0.05, 0) is 51.4 Å². The monoisotopic (exact) mass is 412 g/mol. The van der Waals surface area contributed by atoms with Crippen molar-refractivity contribution < 1.29 is 0 Å². The van der Waals surface area contributed by atoms with Gasteiger partial charge in [-0.1, -0.05) is 80.6 Å². The minimum Gasteiger partial charge on any atom is -0.157 e. The number of hydrogen-bond acceptors (Lipinski definition) is 1. The Hall–Kier alpha value is -2.55. The second-order valence-electron chi connectivity index (χ2n) is 7.57. The first-order chi connectivity index (χ1) is 14.2. The topological polar surface area (TPSA) is 0 Å². The molecule has 0 unspecified atom stereocenters. The Morgan fingerprint density at radius 3 is 1.76 bits per heavy atom. The quantitative estimate of drug-likeness (QED) is 0.277. The molecule has 0 fully saturated rings. The van der Waals surface area contributed by atoms with E-state index in [1.165, 1.54) is 34.9 Å². The summed E-state index contributed by atoms with van der Waals surface area (Å²) in [7, 11) is -1.41. The number of thiophene rings is 1. The first-order valence-electron chi connectivity index (χ1n) is 10.1. The van der Waals surface area contributed by atoms with E-state index in [4.69, 9.17) is 0 Å². The minimum absolute atomic E-state index is 0.475. The fourth-order valence-corrected chi connectivity index (χ4v) is 10.3. The van der Waals surface area contributed by atoms with E-state index < -0.39 is 10.0 Å². The summed E-state index contributed by atoms with van der Waals surface area (Å²) in [5.74, 6) is 0. The van der Waals surface area contributed by atoms with E-state index in [1.807, 2.05) is 11.3 Å². The van der Waals surface area contributed by atoms with Gasteiger partial charge in [-0.25, -0.2) is 0 Å². The molecule has 0 N–H and O–H groups in total. The second-order valence-corrected chi connectivity index (χ2v) is 12.3. The van der Waals surface area contributed by atoms with Gasteiger partial charge in [0, 0.05) is 25.1 Å². The summed E-state index contributed by atoms with van der Waals surface area (Å²) in [4.78, 5) is 4.36. The molecule has 144 valence electrons. The van der Waals surface area contributed by atoms with E-state index in [1.54, 1.807) is 0 Å². The second kappa shape index (κ2) is 7.37. The highest BCUT2D eigenvalue weighted by atomic mass is 32.3. The number of benzene rings is 4. The molecule has 29 heavy (non-hydrogen) atoms. The van der Waals surface area contributed by atoms with Crippen molar-refractivity contribution in [3.63, 3.8) is 0 Å². The van der Waals surface area contributed by atoms with Crippen molar-refractivity contribution in [2.75, 3.05) is 0 Å². The van der Waals surface area contributed by atoms with Crippen LogP contribution in [0.5, 0.6) is 0 Å². The summed E-state index contributed by atoms with van der Waals surface area (Å²) in [6.07, 6.45) is 0. The summed E-state index contributed by atoms with van der Waals surface area (Å²) >= 11 is 1.94. The Kier molecular flexibility index (Phi) is 4.69. The van der Waals surface area contributed by atoms with E-state index in [0.29, 0.717) is 5.25 Å². The van der Waals surface area contributed by atoms with Crippen molar-refractivity contribution in [3.8, 4) is 0 Å². The van der Waals surface area contributed by atoms with Gasteiger partial charge in [-0.3, -0.25) is 0 Å². The van der Waals surface area contributed by atoms with Crippen LogP contribution in [-0.4, -0.2) is 5.25 Å². The van der Waals surface area contributed by atoms with Crippen molar-refractivity contribution in [3.05, 3.63) is 103 Å². The van der Waals surface area contributed by atoms with E-state index in [0.717, 1.165) is 0 Å². The zero-order valence-electron chi connectivity index (χ0n) is 16.7. The predicted molar refractivity (Wildman–Crippen MR) is 130 cm³/mol. The smallest absolute Gasteiger partial charge is 0.0482 e. The summed E-state index contributed by atoms with van der Waals surface area (Å²) in [5, 5.41) is 3.23. The molecule has 5 aromatic rings. The highest BCUT2D eigenvalue weighted by Crippen LogP contribution is 2.72. The van der Waals surface area contributed by atoms with Crippen LogP contribution in [-0.2, 0) is 0 Å². The van der Waals surface area contributed by atoms with Gasteiger partial charge in [0.05, 0.1) is 0 Å². The molecule has 5 rings (SSSR count). The first kappa shape index (κ1) is 18.5. The van der Waals surface area contributed by atoms with Gasteiger partial charge < -0.3 is 0 Å². The number of hydrogen-bond donors (Lipinski definition) is 0. The SMILES string of the molecule is CC(C)S(c1ccccc1)(c1ccccc1)c1cccc2c1sc1ccccc12. The molecule has 4 aromatic carbocycles. The first-order valence-corrected chi connectivity index (χ1v) is 12.6. The van der Waals surface area contributed by atoms with Crippen LogP contribution in [0.4, 0.5) is 0 Å². The fraction of sp³-hybridized carbons (Fsp3) is 0.111. The predicted octanol–water partition coefficient (Wildman–Crippen LogP) is 8.74. The Labute approximate surface area is 178 Å². The summed E-state index contributed by atoms with van der Waals surface area (Å²) in [5.41, 5.74) is 0. The Bertz CT molecular complexity index is 1230. The maximum Gasteiger partial charge on any atom is 0.0482 e. The molecule has 0 nitrogen and oxygen atoms in total. The van der Waals surface area contributed by atoms with Crippen LogP contribution in [0.3, 0.4) is 0 Å². The van der Waals surface area contributed by atoms with Crippen molar-refractivity contribution in [1.29, 1.82) is 0 Å². The third kappa shape index (κ3) is 2.82. The van der Waals surface area contributed by atoms with Crippen LogP contribution in [0.25, 0.3) is 20.2 Å². The van der Waals surface area contributed by atoms with Gasteiger partial charge >= 0.3 is 0 Å². The summed E-state index contributed by atoms with van der Waals surface area (Å²) in [6, 6.07) is 38.0. The minimum atomic E-state index is -1.41.